The van der Waals surface area contributed by atoms with Crippen molar-refractivity contribution < 1.29 is 14.3 Å². The molecule has 2 saturated heterocycles. The number of rotatable bonds is 1. The monoisotopic (exact) mass is 344 g/mol. The van der Waals surface area contributed by atoms with Crippen LogP contribution in [0.25, 0.3) is 0 Å². The van der Waals surface area contributed by atoms with Gasteiger partial charge in [-0.3, -0.25) is 9.69 Å². The van der Waals surface area contributed by atoms with Gasteiger partial charge in [0.1, 0.15) is 5.60 Å². The molecule has 2 unspecified atom stereocenters. The second-order valence-corrected chi connectivity index (χ2v) is 8.10. The van der Waals surface area contributed by atoms with Crippen molar-refractivity contribution >= 4 is 12.0 Å². The van der Waals surface area contributed by atoms with E-state index >= 15 is 0 Å². The first-order valence-corrected chi connectivity index (χ1v) is 9.04. The minimum atomic E-state index is -0.536. The summed E-state index contributed by atoms with van der Waals surface area (Å²) in [4.78, 5) is 28.9. The van der Waals surface area contributed by atoms with Crippen LogP contribution in [0.5, 0.6) is 0 Å². The summed E-state index contributed by atoms with van der Waals surface area (Å²) in [5, 5.41) is 0. The molecule has 0 radical (unpaired) electrons. The van der Waals surface area contributed by atoms with Gasteiger partial charge in [-0.05, 0) is 57.7 Å². The molecule has 1 aromatic carbocycles. The molecule has 1 aromatic rings. The summed E-state index contributed by atoms with van der Waals surface area (Å²) in [5.74, 6) is 0.198. The van der Waals surface area contributed by atoms with Crippen molar-refractivity contribution in [3.8, 4) is 0 Å². The number of hydrogen-bond acceptors (Lipinski definition) is 3. The molecule has 2 heterocycles. The van der Waals surface area contributed by atoms with Crippen LogP contribution in [0.15, 0.2) is 18.2 Å². The van der Waals surface area contributed by atoms with Gasteiger partial charge in [-0.1, -0.05) is 18.2 Å². The van der Waals surface area contributed by atoms with Crippen LogP contribution in [-0.2, 0) is 9.53 Å². The number of fused-ring (bicyclic) bond motifs is 1. The second-order valence-electron chi connectivity index (χ2n) is 8.10. The zero-order valence-electron chi connectivity index (χ0n) is 15.8. The van der Waals surface area contributed by atoms with E-state index in [0.717, 1.165) is 12.0 Å². The van der Waals surface area contributed by atoms with Crippen molar-refractivity contribution in [2.24, 2.45) is 0 Å². The van der Waals surface area contributed by atoms with Gasteiger partial charge in [-0.15, -0.1) is 0 Å². The molecule has 2 aliphatic heterocycles. The number of carbonyl (C=O) groups is 2. The first-order chi connectivity index (χ1) is 11.7. The molecule has 2 fully saturated rings. The Labute approximate surface area is 149 Å². The van der Waals surface area contributed by atoms with Gasteiger partial charge < -0.3 is 9.64 Å². The Balaban J connectivity index is 2.00. The highest BCUT2D eigenvalue weighted by Gasteiger charge is 2.46. The SMILES string of the molecule is Cc1cccc(C2C3CCC(=O)N3CCN2C(=O)OC(C)(C)C)c1C. The fraction of sp³-hybridized carbons (Fsp3) is 0.600. The zero-order valence-corrected chi connectivity index (χ0v) is 15.8. The highest BCUT2D eigenvalue weighted by Crippen LogP contribution is 2.39. The van der Waals surface area contributed by atoms with E-state index in [1.807, 2.05) is 36.6 Å². The normalized spacial score (nSPS) is 23.6. The third-order valence-electron chi connectivity index (χ3n) is 5.25. The van der Waals surface area contributed by atoms with E-state index in [4.69, 9.17) is 4.74 Å². The Hall–Kier alpha value is -2.04. The number of benzene rings is 1. The van der Waals surface area contributed by atoms with E-state index in [1.54, 1.807) is 0 Å². The number of piperazine rings is 1. The van der Waals surface area contributed by atoms with Crippen LogP contribution >= 0.6 is 0 Å². The first-order valence-electron chi connectivity index (χ1n) is 9.04. The average molecular weight is 344 g/mol. The molecular formula is C20H28N2O3. The lowest BCUT2D eigenvalue weighted by atomic mass is 9.89. The van der Waals surface area contributed by atoms with Crippen LogP contribution < -0.4 is 0 Å². The van der Waals surface area contributed by atoms with Gasteiger partial charge in [0, 0.05) is 19.5 Å². The van der Waals surface area contributed by atoms with Gasteiger partial charge >= 0.3 is 6.09 Å². The van der Waals surface area contributed by atoms with Crippen molar-refractivity contribution in [3.05, 3.63) is 34.9 Å². The van der Waals surface area contributed by atoms with Crippen molar-refractivity contribution in [1.29, 1.82) is 0 Å². The molecule has 3 rings (SSSR count). The quantitative estimate of drug-likeness (QED) is 0.782. The fourth-order valence-electron chi connectivity index (χ4n) is 3.93. The van der Waals surface area contributed by atoms with Crippen LogP contribution in [0.1, 0.15) is 56.3 Å². The standard InChI is InChI=1S/C20H28N2O3/c1-13-7-6-8-15(14(13)2)18-16-9-10-17(23)21(16)11-12-22(18)19(24)25-20(3,4)5/h6-8,16,18H,9-12H2,1-5H3. The minimum absolute atomic E-state index is 0.0364. The molecule has 5 nitrogen and oxygen atoms in total. The van der Waals surface area contributed by atoms with Gasteiger partial charge in [0.2, 0.25) is 5.91 Å². The Morgan fingerprint density at radius 2 is 1.92 bits per heavy atom. The highest BCUT2D eigenvalue weighted by atomic mass is 16.6. The van der Waals surface area contributed by atoms with Gasteiger partial charge in [-0.2, -0.15) is 0 Å². The molecule has 0 spiro atoms. The lowest BCUT2D eigenvalue weighted by Gasteiger charge is -2.45. The predicted octanol–water partition coefficient (Wildman–Crippen LogP) is 3.59. The lowest BCUT2D eigenvalue weighted by Crippen LogP contribution is -2.56. The van der Waals surface area contributed by atoms with E-state index in [0.29, 0.717) is 19.5 Å². The number of hydrogen-bond donors (Lipinski definition) is 0. The Morgan fingerprint density at radius 3 is 2.60 bits per heavy atom. The maximum absolute atomic E-state index is 12.9. The smallest absolute Gasteiger partial charge is 0.410 e. The van der Waals surface area contributed by atoms with E-state index in [9.17, 15) is 9.59 Å². The van der Waals surface area contributed by atoms with E-state index in [-0.39, 0.29) is 24.1 Å². The number of nitrogens with zero attached hydrogens (tertiary/aromatic N) is 2. The van der Waals surface area contributed by atoms with Gasteiger partial charge in [0.25, 0.3) is 0 Å². The maximum atomic E-state index is 12.9. The summed E-state index contributed by atoms with van der Waals surface area (Å²) < 4.78 is 5.66. The van der Waals surface area contributed by atoms with Crippen LogP contribution in [-0.4, -0.2) is 46.5 Å². The largest absolute Gasteiger partial charge is 0.444 e. The molecule has 0 bridgehead atoms. The molecule has 136 valence electrons. The zero-order chi connectivity index (χ0) is 18.4. The molecule has 25 heavy (non-hydrogen) atoms. The Bertz CT molecular complexity index is 693. The molecule has 0 saturated carbocycles. The van der Waals surface area contributed by atoms with Crippen LogP contribution in [0.3, 0.4) is 0 Å². The first kappa shape index (κ1) is 17.8. The van der Waals surface area contributed by atoms with Crippen LogP contribution in [0, 0.1) is 13.8 Å². The average Bonchev–Trinajstić information content (AvgIpc) is 2.89. The van der Waals surface area contributed by atoms with E-state index in [1.165, 1.54) is 11.1 Å². The summed E-state index contributed by atoms with van der Waals surface area (Å²) in [5.41, 5.74) is 2.96. The van der Waals surface area contributed by atoms with E-state index < -0.39 is 5.60 Å². The summed E-state index contributed by atoms with van der Waals surface area (Å²) in [6.45, 7) is 10.9. The topological polar surface area (TPSA) is 49.9 Å². The number of ether oxygens (including phenoxy) is 1. The number of amides is 2. The van der Waals surface area contributed by atoms with Crippen LogP contribution in [0.2, 0.25) is 0 Å². The van der Waals surface area contributed by atoms with Crippen molar-refractivity contribution in [1.82, 2.24) is 9.80 Å². The lowest BCUT2D eigenvalue weighted by molar-refractivity contribution is -0.132. The van der Waals surface area contributed by atoms with Crippen molar-refractivity contribution in [2.45, 2.75) is 65.1 Å². The summed E-state index contributed by atoms with van der Waals surface area (Å²) in [7, 11) is 0. The third-order valence-corrected chi connectivity index (χ3v) is 5.25. The fourth-order valence-corrected chi connectivity index (χ4v) is 3.93. The van der Waals surface area contributed by atoms with Crippen LogP contribution in [0.4, 0.5) is 4.79 Å². The molecule has 0 aromatic heterocycles. The molecule has 0 aliphatic carbocycles. The van der Waals surface area contributed by atoms with Crippen molar-refractivity contribution in [3.63, 3.8) is 0 Å². The highest BCUT2D eigenvalue weighted by molar-refractivity contribution is 5.80. The molecule has 2 atom stereocenters. The maximum Gasteiger partial charge on any atom is 0.410 e. The Kier molecular flexibility index (Phi) is 4.52. The number of carbonyl (C=O) groups excluding carboxylic acids is 2. The van der Waals surface area contributed by atoms with Gasteiger partial charge in [0.15, 0.2) is 0 Å². The summed E-state index contributed by atoms with van der Waals surface area (Å²) in [6, 6.07) is 6.08. The molecule has 2 amide bonds. The van der Waals surface area contributed by atoms with Gasteiger partial charge in [0.05, 0.1) is 12.1 Å². The predicted molar refractivity (Wildman–Crippen MR) is 96.3 cm³/mol. The van der Waals surface area contributed by atoms with Gasteiger partial charge in [-0.25, -0.2) is 4.79 Å². The minimum Gasteiger partial charge on any atom is -0.444 e. The Morgan fingerprint density at radius 1 is 1.20 bits per heavy atom. The van der Waals surface area contributed by atoms with Crippen molar-refractivity contribution in [2.75, 3.05) is 13.1 Å². The summed E-state index contributed by atoms with van der Waals surface area (Å²) in [6.07, 6.45) is 1.06. The molecule has 0 N–H and O–H groups in total. The third kappa shape index (κ3) is 3.37. The second kappa shape index (κ2) is 6.36. The van der Waals surface area contributed by atoms with E-state index in [2.05, 4.69) is 26.0 Å². The molecule has 2 aliphatic rings. The molecular weight excluding hydrogens is 316 g/mol. The molecule has 5 heteroatoms. The summed E-state index contributed by atoms with van der Waals surface area (Å²) >= 11 is 0. The number of aryl methyl sites for hydroxylation is 1.